The van der Waals surface area contributed by atoms with Gasteiger partial charge in [-0.05, 0) is 49.7 Å². The molecule has 12 heteroatoms. The van der Waals surface area contributed by atoms with Crippen LogP contribution in [0.25, 0.3) is 5.78 Å². The molecule has 0 unspecified atom stereocenters. The van der Waals surface area contributed by atoms with Crippen LogP contribution in [0.2, 0.25) is 0 Å². The number of hydrogen-bond acceptors (Lipinski definition) is 6. The number of amides is 1. The number of benzene rings is 1. The van der Waals surface area contributed by atoms with Gasteiger partial charge in [0.25, 0.3) is 11.6 Å². The summed E-state index contributed by atoms with van der Waals surface area (Å²) in [4.78, 5) is 25.4. The maximum atomic E-state index is 13.0. The quantitative estimate of drug-likeness (QED) is 0.449. The number of carbonyl (C=O) groups excluding carboxylic acids is 1. The number of aryl methyl sites for hydroxylation is 3. The Morgan fingerprint density at radius 2 is 1.94 bits per heavy atom. The number of anilines is 1. The van der Waals surface area contributed by atoms with Gasteiger partial charge in [-0.15, -0.1) is 5.10 Å². The largest absolute Gasteiger partial charge is 0.453 e. The van der Waals surface area contributed by atoms with Crippen LogP contribution in [0.4, 0.5) is 18.9 Å². The van der Waals surface area contributed by atoms with Gasteiger partial charge in [-0.2, -0.15) is 18.2 Å². The lowest BCUT2D eigenvalue weighted by Gasteiger charge is -2.12. The summed E-state index contributed by atoms with van der Waals surface area (Å²) in [6.07, 6.45) is -0.703. The van der Waals surface area contributed by atoms with Gasteiger partial charge < -0.3 is 9.88 Å². The van der Waals surface area contributed by atoms with Gasteiger partial charge in [-0.3, -0.25) is 4.79 Å². The normalized spacial score (nSPS) is 11.8. The van der Waals surface area contributed by atoms with Gasteiger partial charge >= 0.3 is 6.18 Å². The minimum atomic E-state index is -4.66. The van der Waals surface area contributed by atoms with Crippen LogP contribution in [0.1, 0.15) is 29.2 Å². The number of carbonyl (C=O) groups is 1. The van der Waals surface area contributed by atoms with Crippen LogP contribution >= 0.6 is 11.8 Å². The summed E-state index contributed by atoms with van der Waals surface area (Å²) in [6, 6.07) is 7.40. The molecular formula is C21H20F3N7OS. The van der Waals surface area contributed by atoms with Crippen molar-refractivity contribution in [1.82, 2.24) is 29.1 Å². The molecule has 0 spiro atoms. The molecule has 1 N–H and O–H groups in total. The lowest BCUT2D eigenvalue weighted by atomic mass is 10.1. The van der Waals surface area contributed by atoms with E-state index in [-0.39, 0.29) is 18.1 Å². The van der Waals surface area contributed by atoms with Crippen molar-refractivity contribution in [3.63, 3.8) is 0 Å². The molecule has 4 aromatic rings. The third-order valence-electron chi connectivity index (χ3n) is 5.04. The minimum Gasteiger partial charge on any atom is -0.329 e. The van der Waals surface area contributed by atoms with E-state index in [0.29, 0.717) is 29.1 Å². The first-order valence-corrected chi connectivity index (χ1v) is 10.8. The molecule has 33 heavy (non-hydrogen) atoms. The molecule has 172 valence electrons. The fourth-order valence-corrected chi connectivity index (χ4v) is 4.24. The number of aromatic nitrogens is 6. The zero-order valence-corrected chi connectivity index (χ0v) is 18.8. The Bertz CT molecular complexity index is 1330. The first kappa shape index (κ1) is 22.8. The lowest BCUT2D eigenvalue weighted by molar-refractivity contribution is -0.144. The Balaban J connectivity index is 1.49. The standard InChI is InChI=1S/C21H20F3N7OS/c1-12-14(13(2)31-19(26-12)28-18(29-31)21(22,23)24)8-9-17(32)27-15-6-4-5-7-16(15)33-20-25-10-11-30(20)3/h4-7,10-11H,8-9H2,1-3H3,(H,27,32). The maximum Gasteiger partial charge on any atom is 0.453 e. The highest BCUT2D eigenvalue weighted by atomic mass is 32.2. The van der Waals surface area contributed by atoms with Crippen molar-refractivity contribution in [2.24, 2.45) is 7.05 Å². The Kier molecular flexibility index (Phi) is 6.11. The Labute approximate surface area is 191 Å². The van der Waals surface area contributed by atoms with Gasteiger partial charge in [0.2, 0.25) is 5.91 Å². The molecule has 1 amide bonds. The molecular weight excluding hydrogens is 455 g/mol. The summed E-state index contributed by atoms with van der Waals surface area (Å²) in [7, 11) is 1.89. The Hall–Kier alpha value is -3.41. The van der Waals surface area contributed by atoms with E-state index in [4.69, 9.17) is 0 Å². The van der Waals surface area contributed by atoms with Gasteiger partial charge in [0.1, 0.15) is 0 Å². The van der Waals surface area contributed by atoms with Crippen LogP contribution in [-0.2, 0) is 24.4 Å². The molecule has 3 aromatic heterocycles. The summed E-state index contributed by atoms with van der Waals surface area (Å²) in [5.74, 6) is -1.59. The van der Waals surface area contributed by atoms with Gasteiger partial charge in [-0.1, -0.05) is 12.1 Å². The van der Waals surface area contributed by atoms with Crippen molar-refractivity contribution in [2.45, 2.75) is 42.9 Å². The topological polar surface area (TPSA) is 90.0 Å². The van der Waals surface area contributed by atoms with Crippen LogP contribution in [0.15, 0.2) is 46.7 Å². The number of alkyl halides is 3. The predicted molar refractivity (Wildman–Crippen MR) is 116 cm³/mol. The third-order valence-corrected chi connectivity index (χ3v) is 6.20. The van der Waals surface area contributed by atoms with E-state index in [1.54, 1.807) is 26.1 Å². The fourth-order valence-electron chi connectivity index (χ4n) is 3.35. The second-order valence-corrected chi connectivity index (χ2v) is 8.38. The van der Waals surface area contributed by atoms with Crippen LogP contribution in [0.3, 0.4) is 0 Å². The van der Waals surface area contributed by atoms with E-state index in [0.717, 1.165) is 14.6 Å². The number of rotatable bonds is 6. The van der Waals surface area contributed by atoms with Gasteiger partial charge in [0.15, 0.2) is 5.16 Å². The average Bonchev–Trinajstić information content (AvgIpc) is 3.35. The van der Waals surface area contributed by atoms with Crippen molar-refractivity contribution in [2.75, 3.05) is 5.32 Å². The molecule has 1 aromatic carbocycles. The number of halogens is 3. The molecule has 0 fully saturated rings. The molecule has 0 saturated heterocycles. The Morgan fingerprint density at radius 1 is 1.18 bits per heavy atom. The molecule has 0 radical (unpaired) electrons. The van der Waals surface area contributed by atoms with Crippen molar-refractivity contribution in [1.29, 1.82) is 0 Å². The van der Waals surface area contributed by atoms with E-state index < -0.39 is 12.0 Å². The molecule has 8 nitrogen and oxygen atoms in total. The zero-order valence-electron chi connectivity index (χ0n) is 18.0. The zero-order chi connectivity index (χ0) is 23.8. The van der Waals surface area contributed by atoms with Crippen LogP contribution < -0.4 is 5.32 Å². The molecule has 3 heterocycles. The highest BCUT2D eigenvalue weighted by Gasteiger charge is 2.37. The van der Waals surface area contributed by atoms with Crippen LogP contribution in [0.5, 0.6) is 0 Å². The fraction of sp³-hybridized carbons (Fsp3) is 0.286. The molecule has 0 bridgehead atoms. The predicted octanol–water partition coefficient (Wildman–Crippen LogP) is 4.22. The number of nitrogens with one attached hydrogen (secondary N) is 1. The van der Waals surface area contributed by atoms with Gasteiger partial charge in [-0.25, -0.2) is 14.5 Å². The van der Waals surface area contributed by atoms with Crippen molar-refractivity contribution in [3.8, 4) is 0 Å². The van der Waals surface area contributed by atoms with E-state index in [9.17, 15) is 18.0 Å². The summed E-state index contributed by atoms with van der Waals surface area (Å²) in [6.45, 7) is 3.32. The monoisotopic (exact) mass is 475 g/mol. The highest BCUT2D eigenvalue weighted by Crippen LogP contribution is 2.32. The van der Waals surface area contributed by atoms with Crippen molar-refractivity contribution < 1.29 is 18.0 Å². The lowest BCUT2D eigenvalue weighted by Crippen LogP contribution is -2.15. The molecule has 0 aliphatic rings. The van der Waals surface area contributed by atoms with Crippen molar-refractivity contribution >= 4 is 29.1 Å². The Morgan fingerprint density at radius 3 is 2.64 bits per heavy atom. The number of para-hydroxylation sites is 1. The van der Waals surface area contributed by atoms with E-state index >= 15 is 0 Å². The number of nitrogens with zero attached hydrogens (tertiary/aromatic N) is 6. The molecule has 0 aliphatic carbocycles. The highest BCUT2D eigenvalue weighted by molar-refractivity contribution is 7.99. The third kappa shape index (κ3) is 4.85. The van der Waals surface area contributed by atoms with Crippen LogP contribution in [-0.4, -0.2) is 35.0 Å². The summed E-state index contributed by atoms with van der Waals surface area (Å²) in [5.41, 5.74) is 2.30. The second kappa shape index (κ2) is 8.85. The van der Waals surface area contributed by atoms with Crippen molar-refractivity contribution in [3.05, 3.63) is 59.4 Å². The molecule has 4 rings (SSSR count). The second-order valence-electron chi connectivity index (χ2n) is 7.37. The maximum absolute atomic E-state index is 13.0. The molecule has 0 saturated carbocycles. The first-order chi connectivity index (χ1) is 15.6. The summed E-state index contributed by atoms with van der Waals surface area (Å²) >= 11 is 1.43. The smallest absolute Gasteiger partial charge is 0.329 e. The first-order valence-electron chi connectivity index (χ1n) is 9.97. The molecule has 0 atom stereocenters. The number of fused-ring (bicyclic) bond motifs is 1. The van der Waals surface area contributed by atoms with E-state index in [1.807, 2.05) is 36.0 Å². The average molecular weight is 476 g/mol. The summed E-state index contributed by atoms with van der Waals surface area (Å²) < 4.78 is 41.9. The van der Waals surface area contributed by atoms with Gasteiger partial charge in [0, 0.05) is 42.1 Å². The van der Waals surface area contributed by atoms with Crippen LogP contribution in [0, 0.1) is 13.8 Å². The minimum absolute atomic E-state index is 0.120. The summed E-state index contributed by atoms with van der Waals surface area (Å²) in [5, 5.41) is 7.24. The van der Waals surface area contributed by atoms with E-state index in [2.05, 4.69) is 25.4 Å². The van der Waals surface area contributed by atoms with E-state index in [1.165, 1.54) is 11.8 Å². The number of hydrogen-bond donors (Lipinski definition) is 1. The van der Waals surface area contributed by atoms with Gasteiger partial charge in [0.05, 0.1) is 5.69 Å². The SMILES string of the molecule is Cc1nc2nc(C(F)(F)F)nn2c(C)c1CCC(=O)Nc1ccccc1Sc1nccn1C. The number of imidazole rings is 1. The molecule has 0 aliphatic heterocycles.